The minimum Gasteiger partial charge on any atom is -0.477 e. The molecule has 1 heterocycles. The van der Waals surface area contributed by atoms with Crippen LogP contribution in [0.2, 0.25) is 0 Å². The molecule has 0 aromatic carbocycles. The molecule has 0 amide bonds. The van der Waals surface area contributed by atoms with Crippen molar-refractivity contribution in [2.75, 3.05) is 11.9 Å². The van der Waals surface area contributed by atoms with Crippen LogP contribution >= 0.6 is 11.3 Å². The summed E-state index contributed by atoms with van der Waals surface area (Å²) >= 11 is 1.30. The van der Waals surface area contributed by atoms with Crippen LogP contribution in [0.1, 0.15) is 61.8 Å². The number of anilines is 1. The smallest absolute Gasteiger partial charge is 0.347 e. The Kier molecular flexibility index (Phi) is 3.60. The monoisotopic (exact) mass is 282 g/mol. The molecule has 1 aliphatic rings. The normalized spacial score (nSPS) is 17.3. The van der Waals surface area contributed by atoms with E-state index in [0.29, 0.717) is 16.8 Å². The Morgan fingerprint density at radius 3 is 2.47 bits per heavy atom. The average Bonchev–Trinajstić information content (AvgIpc) is 3.04. The Hall–Kier alpha value is -1.10. The van der Waals surface area contributed by atoms with Crippen LogP contribution < -0.4 is 4.90 Å². The van der Waals surface area contributed by atoms with Gasteiger partial charge in [-0.25, -0.2) is 9.78 Å². The van der Waals surface area contributed by atoms with E-state index >= 15 is 0 Å². The third-order valence-corrected chi connectivity index (χ3v) is 5.09. The lowest BCUT2D eigenvalue weighted by molar-refractivity contribution is 0.0700. The zero-order chi connectivity index (χ0) is 14.4. The molecule has 1 unspecified atom stereocenters. The van der Waals surface area contributed by atoms with Crippen LogP contribution in [-0.4, -0.2) is 29.1 Å². The molecule has 0 spiro atoms. The molecule has 0 radical (unpaired) electrons. The second-order valence-electron chi connectivity index (χ2n) is 6.44. The Bertz CT molecular complexity index is 486. The molecule has 4 nitrogen and oxygen atoms in total. The number of hydrogen-bond donors (Lipinski definition) is 1. The molecule has 106 valence electrons. The molecule has 1 N–H and O–H groups in total. The average molecular weight is 282 g/mol. The van der Waals surface area contributed by atoms with Gasteiger partial charge in [-0.15, -0.1) is 0 Å². The molecule has 1 aromatic heterocycles. The van der Waals surface area contributed by atoms with E-state index in [1.54, 1.807) is 0 Å². The van der Waals surface area contributed by atoms with Crippen molar-refractivity contribution in [2.24, 2.45) is 5.41 Å². The van der Waals surface area contributed by atoms with Gasteiger partial charge in [-0.05, 0) is 25.2 Å². The Morgan fingerprint density at radius 1 is 1.47 bits per heavy atom. The summed E-state index contributed by atoms with van der Waals surface area (Å²) < 4.78 is 0. The van der Waals surface area contributed by atoms with E-state index in [4.69, 9.17) is 0 Å². The predicted octanol–water partition coefficient (Wildman–Crippen LogP) is 3.59. The molecule has 2 rings (SSSR count). The van der Waals surface area contributed by atoms with Gasteiger partial charge in [0.1, 0.15) is 4.88 Å². The molecule has 19 heavy (non-hydrogen) atoms. The number of nitrogens with zero attached hydrogens (tertiary/aromatic N) is 2. The SMILES string of the molecule is CC(N(C)c1nc(C2CC2)c(C(=O)O)s1)C(C)(C)C. The van der Waals surface area contributed by atoms with Crippen molar-refractivity contribution in [2.45, 2.75) is 52.5 Å². The number of carboxylic acids is 1. The van der Waals surface area contributed by atoms with E-state index < -0.39 is 5.97 Å². The van der Waals surface area contributed by atoms with E-state index in [1.807, 2.05) is 7.05 Å². The molecule has 1 atom stereocenters. The minimum absolute atomic E-state index is 0.129. The van der Waals surface area contributed by atoms with Crippen molar-refractivity contribution in [3.63, 3.8) is 0 Å². The van der Waals surface area contributed by atoms with Crippen molar-refractivity contribution in [1.82, 2.24) is 4.98 Å². The first-order chi connectivity index (χ1) is 8.71. The van der Waals surface area contributed by atoms with Crippen LogP contribution in [0, 0.1) is 5.41 Å². The summed E-state index contributed by atoms with van der Waals surface area (Å²) in [4.78, 5) is 18.4. The Morgan fingerprint density at radius 2 is 2.05 bits per heavy atom. The van der Waals surface area contributed by atoms with Crippen molar-refractivity contribution < 1.29 is 9.90 Å². The number of aromatic nitrogens is 1. The lowest BCUT2D eigenvalue weighted by Crippen LogP contribution is -2.39. The van der Waals surface area contributed by atoms with Crippen molar-refractivity contribution in [3.05, 3.63) is 10.6 Å². The van der Waals surface area contributed by atoms with Gasteiger partial charge in [-0.1, -0.05) is 32.1 Å². The Balaban J connectivity index is 2.30. The van der Waals surface area contributed by atoms with Gasteiger partial charge in [0.05, 0.1) is 5.69 Å². The van der Waals surface area contributed by atoms with E-state index in [9.17, 15) is 9.90 Å². The quantitative estimate of drug-likeness (QED) is 0.917. The largest absolute Gasteiger partial charge is 0.477 e. The predicted molar refractivity (Wildman–Crippen MR) is 78.4 cm³/mol. The van der Waals surface area contributed by atoms with Gasteiger partial charge in [0, 0.05) is 19.0 Å². The van der Waals surface area contributed by atoms with E-state index in [1.165, 1.54) is 11.3 Å². The minimum atomic E-state index is -0.845. The summed E-state index contributed by atoms with van der Waals surface area (Å²) in [6.07, 6.45) is 2.14. The van der Waals surface area contributed by atoms with E-state index in [2.05, 4.69) is 37.6 Å². The van der Waals surface area contributed by atoms with Gasteiger partial charge in [0.15, 0.2) is 5.13 Å². The summed E-state index contributed by atoms with van der Waals surface area (Å²) in [5.74, 6) is -0.475. The second-order valence-corrected chi connectivity index (χ2v) is 7.42. The number of carboxylic acid groups (broad SMARTS) is 1. The van der Waals surface area contributed by atoms with Gasteiger partial charge >= 0.3 is 5.97 Å². The maximum atomic E-state index is 11.3. The van der Waals surface area contributed by atoms with Gasteiger partial charge in [-0.2, -0.15) is 0 Å². The highest BCUT2D eigenvalue weighted by Crippen LogP contribution is 2.44. The summed E-state index contributed by atoms with van der Waals surface area (Å²) in [6, 6.07) is 0.298. The van der Waals surface area contributed by atoms with Crippen molar-refractivity contribution in [3.8, 4) is 0 Å². The number of rotatable bonds is 4. The first-order valence-electron chi connectivity index (χ1n) is 6.68. The number of carbonyl (C=O) groups is 1. The molecule has 0 aliphatic heterocycles. The third kappa shape index (κ3) is 2.91. The molecule has 1 aliphatic carbocycles. The van der Waals surface area contributed by atoms with Crippen LogP contribution in [-0.2, 0) is 0 Å². The topological polar surface area (TPSA) is 53.4 Å². The van der Waals surface area contributed by atoms with Gasteiger partial charge in [0.2, 0.25) is 0 Å². The molecule has 0 bridgehead atoms. The summed E-state index contributed by atoms with van der Waals surface area (Å²) in [7, 11) is 2.00. The summed E-state index contributed by atoms with van der Waals surface area (Å²) in [5, 5.41) is 10.1. The van der Waals surface area contributed by atoms with Gasteiger partial charge in [0.25, 0.3) is 0 Å². The highest BCUT2D eigenvalue weighted by atomic mass is 32.1. The molecule has 1 aromatic rings. The molecule has 1 fully saturated rings. The first-order valence-corrected chi connectivity index (χ1v) is 7.50. The fourth-order valence-electron chi connectivity index (χ4n) is 2.00. The van der Waals surface area contributed by atoms with Crippen LogP contribution in [0.4, 0.5) is 5.13 Å². The lowest BCUT2D eigenvalue weighted by atomic mass is 9.87. The van der Waals surface area contributed by atoms with Crippen LogP contribution in [0.25, 0.3) is 0 Å². The zero-order valence-electron chi connectivity index (χ0n) is 12.2. The first kappa shape index (κ1) is 14.3. The van der Waals surface area contributed by atoms with Gasteiger partial charge in [-0.3, -0.25) is 0 Å². The number of hydrogen-bond acceptors (Lipinski definition) is 4. The van der Waals surface area contributed by atoms with E-state index in [0.717, 1.165) is 23.7 Å². The molecule has 0 saturated heterocycles. The Labute approximate surface area is 118 Å². The highest BCUT2D eigenvalue weighted by Gasteiger charge is 2.34. The molecular weight excluding hydrogens is 260 g/mol. The van der Waals surface area contributed by atoms with E-state index in [-0.39, 0.29) is 5.41 Å². The highest BCUT2D eigenvalue weighted by molar-refractivity contribution is 7.17. The summed E-state index contributed by atoms with van der Waals surface area (Å²) in [6.45, 7) is 8.70. The van der Waals surface area contributed by atoms with Crippen LogP contribution in [0.15, 0.2) is 0 Å². The maximum Gasteiger partial charge on any atom is 0.347 e. The van der Waals surface area contributed by atoms with Crippen LogP contribution in [0.5, 0.6) is 0 Å². The van der Waals surface area contributed by atoms with Crippen LogP contribution in [0.3, 0.4) is 0 Å². The standard InChI is InChI=1S/C14H22N2O2S/c1-8(14(2,3)4)16(5)13-15-10(9-6-7-9)11(19-13)12(17)18/h8-9H,6-7H2,1-5H3,(H,17,18). The second kappa shape index (κ2) is 4.78. The third-order valence-electron chi connectivity index (χ3n) is 3.94. The fourth-order valence-corrected chi connectivity index (χ4v) is 3.04. The number of aromatic carboxylic acids is 1. The van der Waals surface area contributed by atoms with Gasteiger partial charge < -0.3 is 10.0 Å². The number of thiazole rings is 1. The van der Waals surface area contributed by atoms with Crippen molar-refractivity contribution in [1.29, 1.82) is 0 Å². The van der Waals surface area contributed by atoms with Crippen molar-refractivity contribution >= 4 is 22.4 Å². The lowest BCUT2D eigenvalue weighted by Gasteiger charge is -2.35. The molecule has 5 heteroatoms. The maximum absolute atomic E-state index is 11.3. The zero-order valence-corrected chi connectivity index (χ0v) is 13.0. The fraction of sp³-hybridized carbons (Fsp3) is 0.714. The molecule has 1 saturated carbocycles. The molecular formula is C14H22N2O2S. The summed E-state index contributed by atoms with van der Waals surface area (Å²) in [5.41, 5.74) is 0.921.